The maximum Gasteiger partial charge on any atom is 0.339 e. The molecule has 0 N–H and O–H groups in total. The van der Waals surface area contributed by atoms with Gasteiger partial charge in [0.2, 0.25) is 0 Å². The highest BCUT2D eigenvalue weighted by Crippen LogP contribution is 2.44. The minimum atomic E-state index is -0.579. The predicted molar refractivity (Wildman–Crippen MR) is 90.1 cm³/mol. The molecule has 2 aromatic rings. The Balaban J connectivity index is 1.53. The SMILES string of the molecule is O=C1OC2(CCN(C(=O)c3ccc(Cl)cc3)CC2)c2ccccc21. The van der Waals surface area contributed by atoms with Crippen LogP contribution in [0.15, 0.2) is 48.5 Å². The summed E-state index contributed by atoms with van der Waals surface area (Å²) in [5, 5.41) is 0.610. The fourth-order valence-corrected chi connectivity index (χ4v) is 3.69. The van der Waals surface area contributed by atoms with Crippen molar-refractivity contribution in [2.24, 2.45) is 0 Å². The van der Waals surface area contributed by atoms with E-state index in [-0.39, 0.29) is 11.9 Å². The van der Waals surface area contributed by atoms with Gasteiger partial charge in [0, 0.05) is 42.1 Å². The smallest absolute Gasteiger partial charge is 0.339 e. The number of rotatable bonds is 1. The molecule has 1 spiro atoms. The molecule has 122 valence electrons. The third-order valence-corrected chi connectivity index (χ3v) is 5.13. The molecule has 2 aliphatic rings. The van der Waals surface area contributed by atoms with Gasteiger partial charge in [-0.2, -0.15) is 0 Å². The fraction of sp³-hybridized carbons (Fsp3) is 0.263. The summed E-state index contributed by atoms with van der Waals surface area (Å²) in [6.45, 7) is 1.12. The van der Waals surface area contributed by atoms with E-state index in [4.69, 9.17) is 16.3 Å². The number of fused-ring (bicyclic) bond motifs is 2. The number of piperidine rings is 1. The molecular formula is C19H16ClNO3. The quantitative estimate of drug-likeness (QED) is 0.744. The molecule has 5 heteroatoms. The third kappa shape index (κ3) is 2.38. The minimum Gasteiger partial charge on any atom is -0.450 e. The third-order valence-electron chi connectivity index (χ3n) is 4.88. The number of nitrogens with zero attached hydrogens (tertiary/aromatic N) is 1. The molecule has 2 heterocycles. The molecule has 0 aromatic heterocycles. The van der Waals surface area contributed by atoms with E-state index in [0.29, 0.717) is 42.1 Å². The van der Waals surface area contributed by atoms with Gasteiger partial charge >= 0.3 is 5.97 Å². The van der Waals surface area contributed by atoms with Gasteiger partial charge in [0.1, 0.15) is 5.60 Å². The average Bonchev–Trinajstić information content (AvgIpc) is 2.88. The van der Waals surface area contributed by atoms with Crippen molar-refractivity contribution < 1.29 is 14.3 Å². The summed E-state index contributed by atoms with van der Waals surface area (Å²) >= 11 is 5.87. The van der Waals surface area contributed by atoms with Crippen LogP contribution in [0.25, 0.3) is 0 Å². The maximum absolute atomic E-state index is 12.6. The lowest BCUT2D eigenvalue weighted by atomic mass is 9.83. The molecule has 0 unspecified atom stereocenters. The number of carbonyl (C=O) groups excluding carboxylic acids is 2. The summed E-state index contributed by atoms with van der Waals surface area (Å²) in [5.41, 5.74) is 1.65. The van der Waals surface area contributed by atoms with Gasteiger partial charge in [0.15, 0.2) is 0 Å². The van der Waals surface area contributed by atoms with Crippen LogP contribution in [0.4, 0.5) is 0 Å². The van der Waals surface area contributed by atoms with E-state index in [1.54, 1.807) is 30.3 Å². The molecule has 2 aliphatic heterocycles. The van der Waals surface area contributed by atoms with E-state index < -0.39 is 5.60 Å². The van der Waals surface area contributed by atoms with Crippen molar-refractivity contribution in [1.82, 2.24) is 4.90 Å². The lowest BCUT2D eigenvalue weighted by Gasteiger charge is -2.38. The Morgan fingerprint density at radius 2 is 1.71 bits per heavy atom. The molecule has 1 saturated heterocycles. The van der Waals surface area contributed by atoms with Crippen LogP contribution in [0.5, 0.6) is 0 Å². The molecule has 1 amide bonds. The summed E-state index contributed by atoms with van der Waals surface area (Å²) in [7, 11) is 0. The molecule has 0 saturated carbocycles. The van der Waals surface area contributed by atoms with E-state index in [2.05, 4.69) is 0 Å². The minimum absolute atomic E-state index is 0.0147. The van der Waals surface area contributed by atoms with Crippen molar-refractivity contribution in [2.45, 2.75) is 18.4 Å². The Morgan fingerprint density at radius 1 is 1.04 bits per heavy atom. The first kappa shape index (κ1) is 15.2. The molecule has 4 rings (SSSR count). The highest BCUT2D eigenvalue weighted by atomic mass is 35.5. The Kier molecular flexibility index (Phi) is 3.57. The largest absolute Gasteiger partial charge is 0.450 e. The zero-order valence-electron chi connectivity index (χ0n) is 13.0. The number of hydrogen-bond donors (Lipinski definition) is 0. The lowest BCUT2D eigenvalue weighted by molar-refractivity contribution is -0.0389. The second-order valence-electron chi connectivity index (χ2n) is 6.23. The second kappa shape index (κ2) is 5.64. The average molecular weight is 342 g/mol. The number of carbonyl (C=O) groups is 2. The van der Waals surface area contributed by atoms with Crippen molar-refractivity contribution in [3.8, 4) is 0 Å². The first-order valence-corrected chi connectivity index (χ1v) is 8.35. The van der Waals surface area contributed by atoms with Gasteiger partial charge in [0.25, 0.3) is 5.91 Å². The molecule has 0 atom stereocenters. The molecule has 0 bridgehead atoms. The van der Waals surface area contributed by atoms with Crippen molar-refractivity contribution in [1.29, 1.82) is 0 Å². The first-order valence-electron chi connectivity index (χ1n) is 7.97. The fourth-order valence-electron chi connectivity index (χ4n) is 3.56. The van der Waals surface area contributed by atoms with Gasteiger partial charge in [-0.25, -0.2) is 4.79 Å². The number of esters is 1. The van der Waals surface area contributed by atoms with Crippen LogP contribution in [0.3, 0.4) is 0 Å². The zero-order chi connectivity index (χ0) is 16.7. The van der Waals surface area contributed by atoms with Crippen molar-refractivity contribution in [2.75, 3.05) is 13.1 Å². The van der Waals surface area contributed by atoms with Gasteiger partial charge in [-0.15, -0.1) is 0 Å². The van der Waals surface area contributed by atoms with E-state index in [1.165, 1.54) is 0 Å². The summed E-state index contributed by atoms with van der Waals surface area (Å²) in [6, 6.07) is 14.4. The van der Waals surface area contributed by atoms with Crippen LogP contribution < -0.4 is 0 Å². The maximum atomic E-state index is 12.6. The van der Waals surface area contributed by atoms with Crippen LogP contribution in [0, 0.1) is 0 Å². The van der Waals surface area contributed by atoms with E-state index in [1.807, 2.05) is 23.1 Å². The lowest BCUT2D eigenvalue weighted by Crippen LogP contribution is -2.45. The number of halogens is 1. The predicted octanol–water partition coefficient (Wildman–Crippen LogP) is 3.64. The van der Waals surface area contributed by atoms with Crippen molar-refractivity contribution in [3.63, 3.8) is 0 Å². The van der Waals surface area contributed by atoms with Gasteiger partial charge in [-0.1, -0.05) is 29.8 Å². The van der Waals surface area contributed by atoms with Crippen LogP contribution in [0.1, 0.15) is 39.1 Å². The molecule has 4 nitrogen and oxygen atoms in total. The van der Waals surface area contributed by atoms with Crippen LogP contribution >= 0.6 is 11.6 Å². The van der Waals surface area contributed by atoms with Crippen molar-refractivity contribution in [3.05, 3.63) is 70.2 Å². The zero-order valence-corrected chi connectivity index (χ0v) is 13.8. The van der Waals surface area contributed by atoms with E-state index >= 15 is 0 Å². The highest BCUT2D eigenvalue weighted by molar-refractivity contribution is 6.30. The number of likely N-dealkylation sites (tertiary alicyclic amines) is 1. The monoisotopic (exact) mass is 341 g/mol. The summed E-state index contributed by atoms with van der Waals surface area (Å²) in [4.78, 5) is 26.5. The number of amides is 1. The molecule has 2 aromatic carbocycles. The van der Waals surface area contributed by atoms with E-state index in [0.717, 1.165) is 5.56 Å². The molecule has 24 heavy (non-hydrogen) atoms. The highest BCUT2D eigenvalue weighted by Gasteiger charge is 2.47. The second-order valence-corrected chi connectivity index (χ2v) is 6.66. The Labute approximate surface area is 145 Å². The normalized spacial score (nSPS) is 18.4. The Bertz CT molecular complexity index is 808. The van der Waals surface area contributed by atoms with Crippen LogP contribution in [0.2, 0.25) is 5.02 Å². The van der Waals surface area contributed by atoms with Gasteiger partial charge in [-0.3, -0.25) is 4.79 Å². The molecule has 0 radical (unpaired) electrons. The topological polar surface area (TPSA) is 46.6 Å². The van der Waals surface area contributed by atoms with E-state index in [9.17, 15) is 9.59 Å². The van der Waals surface area contributed by atoms with Gasteiger partial charge in [-0.05, 0) is 30.3 Å². The van der Waals surface area contributed by atoms with Gasteiger partial charge in [0.05, 0.1) is 5.56 Å². The summed E-state index contributed by atoms with van der Waals surface area (Å²) in [6.07, 6.45) is 1.24. The first-order chi connectivity index (χ1) is 11.6. The molecule has 0 aliphatic carbocycles. The Morgan fingerprint density at radius 3 is 2.42 bits per heavy atom. The standard InChI is InChI=1S/C19H16ClNO3/c20-14-7-5-13(6-8-14)17(22)21-11-9-19(10-12-21)16-4-2-1-3-15(16)18(23)24-19/h1-8H,9-12H2. The Hall–Kier alpha value is -2.33. The number of hydrogen-bond acceptors (Lipinski definition) is 3. The number of benzene rings is 2. The molecular weight excluding hydrogens is 326 g/mol. The summed E-state index contributed by atoms with van der Waals surface area (Å²) < 4.78 is 5.72. The summed E-state index contributed by atoms with van der Waals surface area (Å²) in [5.74, 6) is -0.276. The molecule has 1 fully saturated rings. The number of ether oxygens (including phenoxy) is 1. The van der Waals surface area contributed by atoms with Crippen LogP contribution in [-0.4, -0.2) is 29.9 Å². The van der Waals surface area contributed by atoms with Gasteiger partial charge < -0.3 is 9.64 Å². The van der Waals surface area contributed by atoms with Crippen LogP contribution in [-0.2, 0) is 10.3 Å². The van der Waals surface area contributed by atoms with Crippen molar-refractivity contribution >= 4 is 23.5 Å².